The second kappa shape index (κ2) is 7.32. The fourth-order valence-corrected chi connectivity index (χ4v) is 3.12. The quantitative estimate of drug-likeness (QED) is 0.509. The van der Waals surface area contributed by atoms with Gasteiger partial charge in [-0.05, 0) is 38.1 Å². The topological polar surface area (TPSA) is 97.7 Å². The van der Waals surface area contributed by atoms with Gasteiger partial charge in [-0.3, -0.25) is 0 Å². The summed E-state index contributed by atoms with van der Waals surface area (Å²) in [6, 6.07) is 9.52. The van der Waals surface area contributed by atoms with E-state index in [0.29, 0.717) is 39.6 Å². The highest BCUT2D eigenvalue weighted by Crippen LogP contribution is 2.27. The van der Waals surface area contributed by atoms with Crippen molar-refractivity contribution in [2.45, 2.75) is 24.6 Å². The summed E-state index contributed by atoms with van der Waals surface area (Å²) in [5, 5.41) is 18.0. The summed E-state index contributed by atoms with van der Waals surface area (Å²) < 4.78 is 10.8. The molecule has 3 rings (SSSR count). The number of hydrogen-bond acceptors (Lipinski definition) is 8. The molecule has 0 spiro atoms. The lowest BCUT2D eigenvalue weighted by Crippen LogP contribution is -1.99. The summed E-state index contributed by atoms with van der Waals surface area (Å²) in [6.45, 7) is 3.60. The van der Waals surface area contributed by atoms with Crippen molar-refractivity contribution < 1.29 is 9.15 Å². The number of benzene rings is 1. The van der Waals surface area contributed by atoms with Crippen LogP contribution in [0.25, 0.3) is 11.5 Å². The average molecular weight is 353 g/mol. The van der Waals surface area contributed by atoms with Gasteiger partial charge in [0.2, 0.25) is 11.8 Å². The van der Waals surface area contributed by atoms with Gasteiger partial charge in [-0.25, -0.2) is 9.97 Å². The smallest absolute Gasteiger partial charge is 0.247 e. The van der Waals surface area contributed by atoms with Gasteiger partial charge >= 0.3 is 0 Å². The molecule has 2 heterocycles. The van der Waals surface area contributed by atoms with Gasteiger partial charge < -0.3 is 9.15 Å². The maximum Gasteiger partial charge on any atom is 0.247 e. The van der Waals surface area contributed by atoms with E-state index in [0.717, 1.165) is 11.3 Å². The predicted molar refractivity (Wildman–Crippen MR) is 92.1 cm³/mol. The van der Waals surface area contributed by atoms with Crippen molar-refractivity contribution in [3.05, 3.63) is 47.2 Å². The van der Waals surface area contributed by atoms with E-state index in [4.69, 9.17) is 9.15 Å². The Labute approximate surface area is 149 Å². The van der Waals surface area contributed by atoms with Crippen LogP contribution in [0, 0.1) is 25.2 Å². The van der Waals surface area contributed by atoms with Crippen molar-refractivity contribution in [2.24, 2.45) is 0 Å². The van der Waals surface area contributed by atoms with E-state index in [1.54, 1.807) is 21.0 Å². The molecule has 0 radical (unpaired) electrons. The molecule has 2 aromatic heterocycles. The van der Waals surface area contributed by atoms with Gasteiger partial charge in [-0.1, -0.05) is 11.8 Å². The van der Waals surface area contributed by atoms with Crippen LogP contribution >= 0.6 is 11.8 Å². The normalized spacial score (nSPS) is 10.5. The molecule has 0 N–H and O–H groups in total. The maximum atomic E-state index is 9.28. The first-order chi connectivity index (χ1) is 12.1. The van der Waals surface area contributed by atoms with Crippen LogP contribution in [-0.2, 0) is 5.75 Å². The van der Waals surface area contributed by atoms with Crippen LogP contribution in [0.2, 0.25) is 0 Å². The minimum atomic E-state index is 0.424. The number of methoxy groups -OCH3 is 1. The van der Waals surface area contributed by atoms with E-state index >= 15 is 0 Å². The molecule has 1 aromatic carbocycles. The predicted octanol–water partition coefficient (Wildman–Crippen LogP) is 3.32. The highest BCUT2D eigenvalue weighted by atomic mass is 32.2. The van der Waals surface area contributed by atoms with E-state index < -0.39 is 0 Å². The minimum Gasteiger partial charge on any atom is -0.497 e. The second-order valence-corrected chi connectivity index (χ2v) is 6.13. The van der Waals surface area contributed by atoms with E-state index in [1.165, 1.54) is 11.8 Å². The highest BCUT2D eigenvalue weighted by molar-refractivity contribution is 7.98. The van der Waals surface area contributed by atoms with Crippen molar-refractivity contribution in [3.8, 4) is 23.3 Å². The lowest BCUT2D eigenvalue weighted by molar-refractivity contribution is 0.415. The standard InChI is InChI=1S/C17H15N5O2S/c1-10-14(8-18)17(20-11(2)19-10)25-9-15-21-22-16(24-15)12-4-6-13(23-3)7-5-12/h4-7H,9H2,1-3H3. The molecule has 0 bridgehead atoms. The van der Waals surface area contributed by atoms with E-state index in [1.807, 2.05) is 24.3 Å². The summed E-state index contributed by atoms with van der Waals surface area (Å²) >= 11 is 1.38. The number of aryl methyl sites for hydroxylation is 2. The lowest BCUT2D eigenvalue weighted by atomic mass is 10.2. The SMILES string of the molecule is COc1ccc(-c2nnc(CSc3nc(C)nc(C)c3C#N)o2)cc1. The number of rotatable bonds is 5. The summed E-state index contributed by atoms with van der Waals surface area (Å²) in [5.74, 6) is 2.72. The first-order valence-corrected chi connectivity index (χ1v) is 8.44. The van der Waals surface area contributed by atoms with Gasteiger partial charge in [-0.2, -0.15) is 5.26 Å². The summed E-state index contributed by atoms with van der Waals surface area (Å²) in [6.07, 6.45) is 0. The molecule has 0 saturated carbocycles. The lowest BCUT2D eigenvalue weighted by Gasteiger charge is -2.04. The van der Waals surface area contributed by atoms with E-state index in [-0.39, 0.29) is 0 Å². The molecular formula is C17H15N5O2S. The second-order valence-electron chi connectivity index (χ2n) is 5.17. The molecule has 8 heteroatoms. The van der Waals surface area contributed by atoms with Gasteiger partial charge in [0.15, 0.2) is 0 Å². The Morgan fingerprint density at radius 2 is 1.92 bits per heavy atom. The molecule has 126 valence electrons. The third-order valence-corrected chi connectivity index (χ3v) is 4.38. The highest BCUT2D eigenvalue weighted by Gasteiger charge is 2.14. The Morgan fingerprint density at radius 3 is 2.60 bits per heavy atom. The number of thioether (sulfide) groups is 1. The first-order valence-electron chi connectivity index (χ1n) is 7.45. The van der Waals surface area contributed by atoms with Crippen LogP contribution < -0.4 is 4.74 Å². The van der Waals surface area contributed by atoms with Gasteiger partial charge in [-0.15, -0.1) is 10.2 Å². The van der Waals surface area contributed by atoms with Crippen molar-refractivity contribution in [2.75, 3.05) is 7.11 Å². The van der Waals surface area contributed by atoms with E-state index in [2.05, 4.69) is 26.2 Å². The molecule has 25 heavy (non-hydrogen) atoms. The van der Waals surface area contributed by atoms with Crippen molar-refractivity contribution in [3.63, 3.8) is 0 Å². The van der Waals surface area contributed by atoms with Gasteiger partial charge in [0.1, 0.15) is 28.2 Å². The third-order valence-electron chi connectivity index (χ3n) is 3.42. The van der Waals surface area contributed by atoms with Gasteiger partial charge in [0.05, 0.1) is 18.6 Å². The molecule has 0 amide bonds. The van der Waals surface area contributed by atoms with Gasteiger partial charge in [0, 0.05) is 5.56 Å². The molecular weight excluding hydrogens is 338 g/mol. The maximum absolute atomic E-state index is 9.28. The van der Waals surface area contributed by atoms with Crippen molar-refractivity contribution in [1.82, 2.24) is 20.2 Å². The van der Waals surface area contributed by atoms with Crippen LogP contribution in [0.1, 0.15) is 23.0 Å². The average Bonchev–Trinajstić information content (AvgIpc) is 3.08. The fraction of sp³-hybridized carbons (Fsp3) is 0.235. The van der Waals surface area contributed by atoms with Crippen LogP contribution in [-0.4, -0.2) is 27.3 Å². The number of hydrogen-bond donors (Lipinski definition) is 0. The number of ether oxygens (including phenoxy) is 1. The summed E-state index contributed by atoms with van der Waals surface area (Å²) in [4.78, 5) is 8.54. The molecule has 0 aliphatic heterocycles. The molecule has 0 aliphatic carbocycles. The molecule has 0 aliphatic rings. The molecule has 0 fully saturated rings. The van der Waals surface area contributed by atoms with Crippen molar-refractivity contribution in [1.29, 1.82) is 5.26 Å². The van der Waals surface area contributed by atoms with Crippen molar-refractivity contribution >= 4 is 11.8 Å². The molecule has 0 atom stereocenters. The van der Waals surface area contributed by atoms with E-state index in [9.17, 15) is 5.26 Å². The van der Waals surface area contributed by atoms with Crippen LogP contribution in [0.15, 0.2) is 33.7 Å². The molecule has 0 unspecified atom stereocenters. The summed E-state index contributed by atoms with van der Waals surface area (Å²) in [5.41, 5.74) is 1.96. The van der Waals surface area contributed by atoms with Gasteiger partial charge in [0.25, 0.3) is 0 Å². The van der Waals surface area contributed by atoms with Crippen LogP contribution in [0.4, 0.5) is 0 Å². The van der Waals surface area contributed by atoms with Crippen LogP contribution in [0.5, 0.6) is 5.75 Å². The minimum absolute atomic E-state index is 0.424. The zero-order chi connectivity index (χ0) is 17.8. The number of aromatic nitrogens is 4. The molecule has 3 aromatic rings. The zero-order valence-electron chi connectivity index (χ0n) is 14.0. The molecule has 7 nitrogen and oxygen atoms in total. The third kappa shape index (κ3) is 3.78. The Morgan fingerprint density at radius 1 is 1.16 bits per heavy atom. The number of nitrogens with zero attached hydrogens (tertiary/aromatic N) is 5. The number of nitriles is 1. The monoisotopic (exact) mass is 353 g/mol. The Kier molecular flexibility index (Phi) is 4.95. The summed E-state index contributed by atoms with van der Waals surface area (Å²) in [7, 11) is 1.61. The Hall–Kier alpha value is -2.92. The fourth-order valence-electron chi connectivity index (χ4n) is 2.21. The first kappa shape index (κ1) is 16.9. The Balaban J connectivity index is 1.75. The largest absolute Gasteiger partial charge is 0.497 e. The zero-order valence-corrected chi connectivity index (χ0v) is 14.8. The van der Waals surface area contributed by atoms with Crippen LogP contribution in [0.3, 0.4) is 0 Å². The molecule has 0 saturated heterocycles. The Bertz CT molecular complexity index is 931.